The van der Waals surface area contributed by atoms with Crippen LogP contribution in [0, 0.1) is 11.3 Å². The van der Waals surface area contributed by atoms with Crippen LogP contribution in [0.3, 0.4) is 0 Å². The van der Waals surface area contributed by atoms with Crippen LogP contribution in [0.15, 0.2) is 29.8 Å². The normalized spacial score (nSPS) is 11.5. The highest BCUT2D eigenvalue weighted by Crippen LogP contribution is 2.30. The largest absolute Gasteiger partial charge is 0.382 e. The summed E-state index contributed by atoms with van der Waals surface area (Å²) in [4.78, 5) is 4.44. The number of nitrogens with zero attached hydrogens (tertiary/aromatic N) is 2. The number of benzene rings is 1. The lowest BCUT2D eigenvalue weighted by molar-refractivity contribution is 0.649. The van der Waals surface area contributed by atoms with Gasteiger partial charge in [0.15, 0.2) is 5.13 Å². The van der Waals surface area contributed by atoms with Crippen molar-refractivity contribution in [2.45, 2.75) is 20.3 Å². The number of fused-ring (bicyclic) bond motifs is 1. The fraction of sp³-hybridized carbons (Fsp3) is 0.250. The zero-order valence-electron chi connectivity index (χ0n) is 12.4. The minimum Gasteiger partial charge on any atom is -0.382 e. The van der Waals surface area contributed by atoms with Gasteiger partial charge in [-0.1, -0.05) is 31.5 Å². The quantitative estimate of drug-likeness (QED) is 0.554. The van der Waals surface area contributed by atoms with Crippen LogP contribution in [0.1, 0.15) is 25.1 Å². The Labute approximate surface area is 138 Å². The van der Waals surface area contributed by atoms with Gasteiger partial charge >= 0.3 is 0 Å². The molecular formula is C16H17ClN4S. The highest BCUT2D eigenvalue weighted by molar-refractivity contribution is 7.12. The molecule has 0 fully saturated rings. The molecule has 22 heavy (non-hydrogen) atoms. The van der Waals surface area contributed by atoms with E-state index < -0.39 is 0 Å². The van der Waals surface area contributed by atoms with Crippen LogP contribution in [0.2, 0.25) is 5.02 Å². The van der Waals surface area contributed by atoms with Crippen molar-refractivity contribution in [3.63, 3.8) is 0 Å². The average molecular weight is 333 g/mol. The molecule has 0 radical (unpaired) electrons. The molecule has 114 valence electrons. The van der Waals surface area contributed by atoms with Crippen molar-refractivity contribution in [3.8, 4) is 5.13 Å². The van der Waals surface area contributed by atoms with Crippen LogP contribution < -0.4 is 5.73 Å². The van der Waals surface area contributed by atoms with E-state index >= 15 is 0 Å². The minimum absolute atomic E-state index is 0.0144. The molecule has 0 saturated heterocycles. The van der Waals surface area contributed by atoms with Gasteiger partial charge in [0.1, 0.15) is 11.5 Å². The molecule has 3 aromatic rings. The van der Waals surface area contributed by atoms with Crippen molar-refractivity contribution < 1.29 is 0 Å². The number of thiazole rings is 1. The van der Waals surface area contributed by atoms with E-state index in [1.165, 1.54) is 22.3 Å². The lowest BCUT2D eigenvalue weighted by atomic mass is 10.0. The Morgan fingerprint density at radius 2 is 2.23 bits per heavy atom. The Morgan fingerprint density at radius 3 is 2.86 bits per heavy atom. The number of aromatic nitrogens is 2. The number of rotatable bonds is 4. The molecule has 0 aliphatic heterocycles. The van der Waals surface area contributed by atoms with Crippen LogP contribution in [0.4, 0.5) is 0 Å². The molecule has 2 aromatic heterocycles. The summed E-state index contributed by atoms with van der Waals surface area (Å²) >= 11 is 7.64. The predicted octanol–water partition coefficient (Wildman–Crippen LogP) is 4.22. The summed E-state index contributed by atoms with van der Waals surface area (Å²) in [6, 6.07) is 5.93. The Balaban J connectivity index is 2.19. The summed E-state index contributed by atoms with van der Waals surface area (Å²) in [5.74, 6) is 0.554. The third-order valence-corrected chi connectivity index (χ3v) is 4.53. The Morgan fingerprint density at radius 1 is 1.45 bits per heavy atom. The van der Waals surface area contributed by atoms with E-state index in [1.54, 1.807) is 5.38 Å². The number of amidine groups is 1. The van der Waals surface area contributed by atoms with Gasteiger partial charge in [0, 0.05) is 22.0 Å². The van der Waals surface area contributed by atoms with Gasteiger partial charge in [-0.2, -0.15) is 0 Å². The summed E-state index contributed by atoms with van der Waals surface area (Å²) < 4.78 is 2.04. The van der Waals surface area contributed by atoms with Gasteiger partial charge in [0.25, 0.3) is 0 Å². The maximum Gasteiger partial charge on any atom is 0.194 e. The van der Waals surface area contributed by atoms with Crippen LogP contribution in [-0.4, -0.2) is 15.4 Å². The standard InChI is InChI=1S/C16H17ClN4S/c1-9(2)5-10-7-21(14-6-11(17)3-4-12(10)14)16-20-13(8-22-16)15(18)19/h3-4,6-9H,5H2,1-2H3,(H3,18,19). The van der Waals surface area contributed by atoms with Crippen molar-refractivity contribution in [3.05, 3.63) is 46.1 Å². The van der Waals surface area contributed by atoms with Crippen molar-refractivity contribution >= 4 is 39.7 Å². The Kier molecular flexibility index (Phi) is 3.93. The van der Waals surface area contributed by atoms with Crippen LogP contribution >= 0.6 is 22.9 Å². The van der Waals surface area contributed by atoms with Gasteiger partial charge < -0.3 is 5.73 Å². The van der Waals surface area contributed by atoms with Crippen molar-refractivity contribution in [2.24, 2.45) is 11.7 Å². The molecule has 0 spiro atoms. The molecule has 0 aliphatic carbocycles. The summed E-state index contributed by atoms with van der Waals surface area (Å²) in [6.45, 7) is 4.41. The Bertz CT molecular complexity index is 847. The monoisotopic (exact) mass is 332 g/mol. The molecule has 6 heteroatoms. The van der Waals surface area contributed by atoms with Gasteiger partial charge in [0.2, 0.25) is 0 Å². The zero-order chi connectivity index (χ0) is 15.9. The number of nitrogens with one attached hydrogen (secondary N) is 1. The molecule has 0 atom stereocenters. The van der Waals surface area contributed by atoms with Crippen LogP contribution in [0.25, 0.3) is 16.0 Å². The van der Waals surface area contributed by atoms with Gasteiger partial charge in [-0.25, -0.2) is 4.98 Å². The van der Waals surface area contributed by atoms with E-state index in [4.69, 9.17) is 22.7 Å². The fourth-order valence-electron chi connectivity index (χ4n) is 2.53. The van der Waals surface area contributed by atoms with E-state index in [1.807, 2.05) is 16.7 Å². The minimum atomic E-state index is -0.0144. The third kappa shape index (κ3) is 2.74. The van der Waals surface area contributed by atoms with E-state index in [9.17, 15) is 0 Å². The summed E-state index contributed by atoms with van der Waals surface area (Å²) in [5.41, 5.74) is 8.33. The lowest BCUT2D eigenvalue weighted by Gasteiger charge is -2.02. The van der Waals surface area contributed by atoms with E-state index in [0.29, 0.717) is 16.6 Å². The molecule has 2 heterocycles. The first-order valence-electron chi connectivity index (χ1n) is 7.05. The molecule has 3 N–H and O–H groups in total. The average Bonchev–Trinajstić information content (AvgIpc) is 3.03. The summed E-state index contributed by atoms with van der Waals surface area (Å²) in [5, 5.41) is 12.0. The van der Waals surface area contributed by atoms with Crippen LogP contribution in [-0.2, 0) is 6.42 Å². The highest BCUT2D eigenvalue weighted by atomic mass is 35.5. The smallest absolute Gasteiger partial charge is 0.194 e. The van der Waals surface area contributed by atoms with E-state index in [0.717, 1.165) is 17.1 Å². The lowest BCUT2D eigenvalue weighted by Crippen LogP contribution is -2.11. The van der Waals surface area contributed by atoms with Gasteiger partial charge in [-0.05, 0) is 30.0 Å². The molecule has 4 nitrogen and oxygen atoms in total. The number of nitrogen functional groups attached to an aromatic ring is 1. The third-order valence-electron chi connectivity index (χ3n) is 3.45. The molecular weight excluding hydrogens is 316 g/mol. The van der Waals surface area contributed by atoms with E-state index in [-0.39, 0.29) is 5.84 Å². The molecule has 0 unspecified atom stereocenters. The first-order valence-corrected chi connectivity index (χ1v) is 8.31. The Hall–Kier alpha value is -1.85. The van der Waals surface area contributed by atoms with Crippen LogP contribution in [0.5, 0.6) is 0 Å². The number of nitrogens with two attached hydrogens (primary N) is 1. The molecule has 0 saturated carbocycles. The first kappa shape index (κ1) is 15.1. The molecule has 3 rings (SSSR count). The summed E-state index contributed by atoms with van der Waals surface area (Å²) in [7, 11) is 0. The van der Waals surface area contributed by atoms with Gasteiger partial charge in [-0.15, -0.1) is 11.3 Å². The fourth-order valence-corrected chi connectivity index (χ4v) is 3.51. The topological polar surface area (TPSA) is 67.7 Å². The predicted molar refractivity (Wildman–Crippen MR) is 93.5 cm³/mol. The zero-order valence-corrected chi connectivity index (χ0v) is 14.0. The van der Waals surface area contributed by atoms with Crippen molar-refractivity contribution in [1.82, 2.24) is 9.55 Å². The molecule has 0 bridgehead atoms. The maximum atomic E-state index is 7.50. The number of halogens is 1. The first-order chi connectivity index (χ1) is 10.5. The second-order valence-corrected chi connectivity index (χ2v) is 6.99. The van der Waals surface area contributed by atoms with Gasteiger partial charge in [-0.3, -0.25) is 9.98 Å². The maximum absolute atomic E-state index is 7.50. The highest BCUT2D eigenvalue weighted by Gasteiger charge is 2.14. The van der Waals surface area contributed by atoms with Crippen molar-refractivity contribution in [2.75, 3.05) is 0 Å². The molecule has 0 aliphatic rings. The molecule has 1 aromatic carbocycles. The number of hydrogen-bond acceptors (Lipinski definition) is 3. The second kappa shape index (κ2) is 5.74. The van der Waals surface area contributed by atoms with Crippen molar-refractivity contribution in [1.29, 1.82) is 5.41 Å². The van der Waals surface area contributed by atoms with E-state index in [2.05, 4.69) is 31.1 Å². The SMILES string of the molecule is CC(C)Cc1cn(-c2nc(C(=N)N)cs2)c2cc(Cl)ccc12. The summed E-state index contributed by atoms with van der Waals surface area (Å²) in [6.07, 6.45) is 3.11. The number of hydrogen-bond donors (Lipinski definition) is 2. The van der Waals surface area contributed by atoms with Gasteiger partial charge in [0.05, 0.1) is 5.52 Å². The second-order valence-electron chi connectivity index (χ2n) is 5.71. The molecule has 0 amide bonds.